The Morgan fingerprint density at radius 1 is 1.38 bits per heavy atom. The Bertz CT molecular complexity index is 581. The number of ether oxygens (including phenoxy) is 1. The smallest absolute Gasteiger partial charge is 0.243 e. The maximum Gasteiger partial charge on any atom is 0.243 e. The number of rotatable bonds is 2. The molecule has 21 heavy (non-hydrogen) atoms. The van der Waals surface area contributed by atoms with E-state index in [0.29, 0.717) is 11.4 Å². The molecular formula is C16H20ClNO3. The maximum atomic E-state index is 12.8. The van der Waals surface area contributed by atoms with E-state index < -0.39 is 10.8 Å². The lowest BCUT2D eigenvalue weighted by Crippen LogP contribution is -2.50. The van der Waals surface area contributed by atoms with E-state index in [1.54, 1.807) is 45.9 Å². The van der Waals surface area contributed by atoms with Crippen LogP contribution in [0.5, 0.6) is 5.75 Å². The van der Waals surface area contributed by atoms with Crippen molar-refractivity contribution in [1.82, 2.24) is 0 Å². The second-order valence-corrected chi connectivity index (χ2v) is 6.87. The number of hydrogen-bond donors (Lipinski definition) is 0. The van der Waals surface area contributed by atoms with Gasteiger partial charge in [0.2, 0.25) is 11.8 Å². The Hall–Kier alpha value is -1.55. The van der Waals surface area contributed by atoms with Crippen molar-refractivity contribution >= 4 is 29.1 Å². The van der Waals surface area contributed by atoms with E-state index in [1.807, 2.05) is 6.07 Å². The lowest BCUT2D eigenvalue weighted by atomic mass is 9.89. The van der Waals surface area contributed by atoms with Crippen LogP contribution in [0.25, 0.3) is 0 Å². The summed E-state index contributed by atoms with van der Waals surface area (Å²) in [7, 11) is 0. The van der Waals surface area contributed by atoms with Crippen LogP contribution in [0, 0.1) is 10.8 Å². The number of anilines is 1. The molecule has 2 amide bonds. The Balaban J connectivity index is 2.58. The number of imide groups is 1. The van der Waals surface area contributed by atoms with Gasteiger partial charge in [-0.2, -0.15) is 0 Å². The normalized spacial score (nSPS) is 17.8. The molecule has 5 heteroatoms. The van der Waals surface area contributed by atoms with Gasteiger partial charge < -0.3 is 4.74 Å². The van der Waals surface area contributed by atoms with Crippen molar-refractivity contribution in [2.24, 2.45) is 10.8 Å². The fourth-order valence-corrected chi connectivity index (χ4v) is 2.17. The minimum Gasteiger partial charge on any atom is -0.490 e. The molecule has 0 saturated carbocycles. The van der Waals surface area contributed by atoms with E-state index in [-0.39, 0.29) is 24.3 Å². The van der Waals surface area contributed by atoms with E-state index in [0.717, 1.165) is 0 Å². The quantitative estimate of drug-likeness (QED) is 0.788. The molecule has 0 N–H and O–H groups in total. The summed E-state index contributed by atoms with van der Waals surface area (Å²) in [6.07, 6.45) is 0. The molecule has 0 fully saturated rings. The lowest BCUT2D eigenvalue weighted by molar-refractivity contribution is -0.135. The topological polar surface area (TPSA) is 46.6 Å². The average molecular weight is 310 g/mol. The zero-order valence-corrected chi connectivity index (χ0v) is 13.5. The van der Waals surface area contributed by atoms with E-state index in [9.17, 15) is 9.59 Å². The van der Waals surface area contributed by atoms with E-state index >= 15 is 0 Å². The van der Waals surface area contributed by atoms with Gasteiger partial charge in [0, 0.05) is 5.88 Å². The molecule has 114 valence electrons. The van der Waals surface area contributed by atoms with Crippen LogP contribution < -0.4 is 9.64 Å². The molecule has 0 aliphatic carbocycles. The predicted octanol–water partition coefficient (Wildman–Crippen LogP) is 3.23. The number of fused-ring (bicyclic) bond motifs is 1. The third-order valence-electron chi connectivity index (χ3n) is 3.59. The lowest BCUT2D eigenvalue weighted by Gasteiger charge is -2.32. The Kier molecular flexibility index (Phi) is 4.02. The molecule has 0 bridgehead atoms. The molecule has 1 aromatic rings. The van der Waals surface area contributed by atoms with E-state index in [1.165, 1.54) is 4.90 Å². The van der Waals surface area contributed by atoms with Crippen molar-refractivity contribution < 1.29 is 14.3 Å². The Labute approximate surface area is 130 Å². The molecule has 1 aromatic carbocycles. The third kappa shape index (κ3) is 2.77. The van der Waals surface area contributed by atoms with Crippen molar-refractivity contribution in [3.63, 3.8) is 0 Å². The molecule has 1 aliphatic heterocycles. The molecule has 4 nitrogen and oxygen atoms in total. The summed E-state index contributed by atoms with van der Waals surface area (Å²) in [5.74, 6) is 0.0957. The number of carbonyl (C=O) groups excluding carboxylic acids is 2. The van der Waals surface area contributed by atoms with Gasteiger partial charge in [-0.05, 0) is 39.8 Å². The van der Waals surface area contributed by atoms with Crippen LogP contribution in [-0.2, 0) is 9.59 Å². The number of alkyl halides is 1. The zero-order valence-electron chi connectivity index (χ0n) is 12.8. The minimum absolute atomic E-state index is 0.138. The molecule has 0 aromatic heterocycles. The summed E-state index contributed by atoms with van der Waals surface area (Å²) >= 11 is 5.90. The van der Waals surface area contributed by atoms with Gasteiger partial charge in [0.15, 0.2) is 0 Å². The number of para-hydroxylation sites is 2. The first kappa shape index (κ1) is 15.8. The van der Waals surface area contributed by atoms with Crippen LogP contribution in [0.1, 0.15) is 27.7 Å². The van der Waals surface area contributed by atoms with Gasteiger partial charge in [-0.1, -0.05) is 12.1 Å². The highest BCUT2D eigenvalue weighted by Gasteiger charge is 2.44. The van der Waals surface area contributed by atoms with Crippen molar-refractivity contribution in [3.8, 4) is 5.75 Å². The van der Waals surface area contributed by atoms with Gasteiger partial charge in [-0.25, -0.2) is 4.90 Å². The van der Waals surface area contributed by atoms with Crippen molar-refractivity contribution in [2.75, 3.05) is 17.4 Å². The maximum absolute atomic E-state index is 12.8. The first-order valence-electron chi connectivity index (χ1n) is 6.87. The number of nitrogens with zero attached hydrogens (tertiary/aromatic N) is 1. The first-order valence-corrected chi connectivity index (χ1v) is 7.41. The van der Waals surface area contributed by atoms with Gasteiger partial charge in [-0.15, -0.1) is 11.6 Å². The second kappa shape index (κ2) is 5.34. The summed E-state index contributed by atoms with van der Waals surface area (Å²) in [5.41, 5.74) is -1.13. The fourth-order valence-electron chi connectivity index (χ4n) is 2.06. The van der Waals surface area contributed by atoms with Crippen LogP contribution in [0.2, 0.25) is 0 Å². The molecule has 0 unspecified atom stereocenters. The molecule has 0 atom stereocenters. The van der Waals surface area contributed by atoms with Gasteiger partial charge in [0.05, 0.1) is 16.5 Å². The number of hydrogen-bond acceptors (Lipinski definition) is 3. The molecule has 1 aliphatic rings. The van der Waals surface area contributed by atoms with Gasteiger partial charge in [-0.3, -0.25) is 9.59 Å². The second-order valence-electron chi connectivity index (χ2n) is 6.60. The average Bonchev–Trinajstić information content (AvgIpc) is 2.55. The van der Waals surface area contributed by atoms with Crippen LogP contribution in [-0.4, -0.2) is 24.3 Å². The number of carbonyl (C=O) groups is 2. The third-order valence-corrected chi connectivity index (χ3v) is 4.26. The molecule has 1 heterocycles. The summed E-state index contributed by atoms with van der Waals surface area (Å²) in [6.45, 7) is 7.24. The molecule has 2 rings (SSSR count). The SMILES string of the molecule is CC(C)(CCl)C(=O)N1C(=O)C(C)(C)COc2ccccc21. The monoisotopic (exact) mass is 309 g/mol. The van der Waals surface area contributed by atoms with Gasteiger partial charge in [0.25, 0.3) is 0 Å². The van der Waals surface area contributed by atoms with E-state index in [4.69, 9.17) is 16.3 Å². The molecule has 0 saturated heterocycles. The predicted molar refractivity (Wildman–Crippen MR) is 82.7 cm³/mol. The Morgan fingerprint density at radius 2 is 2.00 bits per heavy atom. The standard InChI is InChI=1S/C16H20ClNO3/c1-15(2,9-17)13(19)18-11-7-5-6-8-12(11)21-10-16(3,4)14(18)20/h5-8H,9-10H2,1-4H3. The summed E-state index contributed by atoms with van der Waals surface area (Å²) in [5, 5.41) is 0. The van der Waals surface area contributed by atoms with Gasteiger partial charge in [0.1, 0.15) is 12.4 Å². The highest BCUT2D eigenvalue weighted by molar-refractivity contribution is 6.24. The fraction of sp³-hybridized carbons (Fsp3) is 0.500. The van der Waals surface area contributed by atoms with E-state index in [2.05, 4.69) is 0 Å². The summed E-state index contributed by atoms with van der Waals surface area (Å²) in [4.78, 5) is 26.9. The summed E-state index contributed by atoms with van der Waals surface area (Å²) < 4.78 is 5.71. The van der Waals surface area contributed by atoms with Crippen LogP contribution >= 0.6 is 11.6 Å². The minimum atomic E-state index is -0.829. The van der Waals surface area contributed by atoms with Gasteiger partial charge >= 0.3 is 0 Å². The largest absolute Gasteiger partial charge is 0.490 e. The number of benzene rings is 1. The van der Waals surface area contributed by atoms with Crippen molar-refractivity contribution in [1.29, 1.82) is 0 Å². The van der Waals surface area contributed by atoms with Crippen molar-refractivity contribution in [3.05, 3.63) is 24.3 Å². The molecule has 0 radical (unpaired) electrons. The van der Waals surface area contributed by atoms with Crippen molar-refractivity contribution in [2.45, 2.75) is 27.7 Å². The number of amides is 2. The summed E-state index contributed by atoms with van der Waals surface area (Å²) in [6, 6.07) is 7.08. The highest BCUT2D eigenvalue weighted by atomic mass is 35.5. The van der Waals surface area contributed by atoms with Crippen LogP contribution in [0.3, 0.4) is 0 Å². The molecular weight excluding hydrogens is 290 g/mol. The van der Waals surface area contributed by atoms with Crippen LogP contribution in [0.15, 0.2) is 24.3 Å². The first-order chi connectivity index (χ1) is 9.70. The number of halogens is 1. The molecule has 0 spiro atoms. The highest BCUT2D eigenvalue weighted by Crippen LogP contribution is 2.38. The van der Waals surface area contributed by atoms with Crippen LogP contribution in [0.4, 0.5) is 5.69 Å². The zero-order chi connectivity index (χ0) is 15.8. The Morgan fingerprint density at radius 3 is 2.62 bits per heavy atom.